The Morgan fingerprint density at radius 3 is 2.27 bits per heavy atom. The summed E-state index contributed by atoms with van der Waals surface area (Å²) in [5.74, 6) is 0.326. The highest BCUT2D eigenvalue weighted by molar-refractivity contribution is 5.79. The van der Waals surface area contributed by atoms with E-state index in [1.54, 1.807) is 0 Å². The van der Waals surface area contributed by atoms with Crippen LogP contribution in [0.3, 0.4) is 0 Å². The zero-order valence-electron chi connectivity index (χ0n) is 13.4. The van der Waals surface area contributed by atoms with Crippen LogP contribution in [0.25, 0.3) is 0 Å². The topological polar surface area (TPSA) is 66.6 Å². The van der Waals surface area contributed by atoms with E-state index < -0.39 is 0 Å². The molecule has 0 saturated carbocycles. The highest BCUT2D eigenvalue weighted by Crippen LogP contribution is 2.14. The van der Waals surface area contributed by atoms with Gasteiger partial charge < -0.3 is 15.5 Å². The molecule has 0 atom stereocenters. The van der Waals surface area contributed by atoms with Gasteiger partial charge in [-0.15, -0.1) is 0 Å². The van der Waals surface area contributed by atoms with Crippen molar-refractivity contribution in [1.82, 2.24) is 9.80 Å². The molecule has 0 unspecified atom stereocenters. The summed E-state index contributed by atoms with van der Waals surface area (Å²) in [5.41, 5.74) is 7.65. The van der Waals surface area contributed by atoms with Crippen LogP contribution in [-0.4, -0.2) is 47.8 Å². The molecule has 2 N–H and O–H groups in total. The Morgan fingerprint density at radius 2 is 1.68 bits per heavy atom. The first-order valence-corrected chi connectivity index (χ1v) is 7.89. The molecule has 1 saturated heterocycles. The molecule has 0 radical (unpaired) electrons. The van der Waals surface area contributed by atoms with Crippen LogP contribution < -0.4 is 5.73 Å². The van der Waals surface area contributed by atoms with E-state index in [4.69, 9.17) is 5.73 Å². The molecule has 2 amide bonds. The number of para-hydroxylation sites is 1. The van der Waals surface area contributed by atoms with Crippen molar-refractivity contribution in [3.8, 4) is 0 Å². The van der Waals surface area contributed by atoms with Gasteiger partial charge in [-0.25, -0.2) is 0 Å². The van der Waals surface area contributed by atoms with E-state index in [-0.39, 0.29) is 17.7 Å². The number of carbonyl (C=O) groups is 2. The average molecular weight is 303 g/mol. The summed E-state index contributed by atoms with van der Waals surface area (Å²) in [4.78, 5) is 27.9. The van der Waals surface area contributed by atoms with E-state index in [0.717, 1.165) is 11.3 Å². The lowest BCUT2D eigenvalue weighted by atomic mass is 10.1. The zero-order chi connectivity index (χ0) is 16.1. The van der Waals surface area contributed by atoms with E-state index >= 15 is 0 Å². The van der Waals surface area contributed by atoms with Crippen LogP contribution in [0.15, 0.2) is 24.3 Å². The lowest BCUT2D eigenvalue weighted by Crippen LogP contribution is -2.51. The minimum absolute atomic E-state index is 0.0170. The largest absolute Gasteiger partial charge is 0.399 e. The minimum Gasteiger partial charge on any atom is -0.399 e. The van der Waals surface area contributed by atoms with Crippen LogP contribution in [0.5, 0.6) is 0 Å². The Kier molecular flexibility index (Phi) is 5.41. The molecular weight excluding hydrogens is 278 g/mol. The first-order chi connectivity index (χ1) is 10.5. The fraction of sp³-hybridized carbons (Fsp3) is 0.529. The van der Waals surface area contributed by atoms with Crippen molar-refractivity contribution < 1.29 is 9.59 Å². The number of nitrogen functional groups attached to an aromatic ring is 1. The second-order valence-corrected chi connectivity index (χ2v) is 6.06. The standard InChI is InChI=1S/C17H25N3O2/c1-13(2)17(22)20-11-9-19(10-12-20)16(21)8-7-14-5-3-4-6-15(14)18/h3-6,13H,7-12,18H2,1-2H3. The molecular formula is C17H25N3O2. The lowest BCUT2D eigenvalue weighted by Gasteiger charge is -2.35. The number of piperazine rings is 1. The molecule has 1 aromatic rings. The average Bonchev–Trinajstić information content (AvgIpc) is 2.53. The van der Waals surface area contributed by atoms with Gasteiger partial charge in [-0.1, -0.05) is 32.0 Å². The number of benzene rings is 1. The second kappa shape index (κ2) is 7.29. The van der Waals surface area contributed by atoms with Gasteiger partial charge in [0.05, 0.1) is 0 Å². The number of nitrogens with two attached hydrogens (primary N) is 1. The van der Waals surface area contributed by atoms with Crippen LogP contribution in [0.4, 0.5) is 5.69 Å². The van der Waals surface area contributed by atoms with Crippen LogP contribution in [0.2, 0.25) is 0 Å². The first-order valence-electron chi connectivity index (χ1n) is 7.89. The van der Waals surface area contributed by atoms with Gasteiger partial charge in [-0.05, 0) is 18.1 Å². The predicted octanol–water partition coefficient (Wildman–Crippen LogP) is 1.53. The number of carbonyl (C=O) groups excluding carboxylic acids is 2. The van der Waals surface area contributed by atoms with E-state index in [0.29, 0.717) is 39.0 Å². The summed E-state index contributed by atoms with van der Waals surface area (Å²) in [5, 5.41) is 0. The maximum atomic E-state index is 12.3. The molecule has 22 heavy (non-hydrogen) atoms. The van der Waals surface area contributed by atoms with Gasteiger partial charge in [0, 0.05) is 44.2 Å². The Morgan fingerprint density at radius 1 is 1.09 bits per heavy atom. The molecule has 5 heteroatoms. The quantitative estimate of drug-likeness (QED) is 0.858. The molecule has 1 aliphatic heterocycles. The van der Waals surface area contributed by atoms with Crippen molar-refractivity contribution in [1.29, 1.82) is 0 Å². The van der Waals surface area contributed by atoms with Gasteiger partial charge >= 0.3 is 0 Å². The SMILES string of the molecule is CC(C)C(=O)N1CCN(C(=O)CCc2ccccc2N)CC1. The first kappa shape index (κ1) is 16.3. The monoisotopic (exact) mass is 303 g/mol. The van der Waals surface area contributed by atoms with Crippen molar-refractivity contribution >= 4 is 17.5 Å². The summed E-state index contributed by atoms with van der Waals surface area (Å²) < 4.78 is 0. The number of anilines is 1. The van der Waals surface area contributed by atoms with Gasteiger partial charge in [0.25, 0.3) is 0 Å². The maximum Gasteiger partial charge on any atom is 0.225 e. The summed E-state index contributed by atoms with van der Waals surface area (Å²) >= 11 is 0. The summed E-state index contributed by atoms with van der Waals surface area (Å²) in [7, 11) is 0. The fourth-order valence-electron chi connectivity index (χ4n) is 2.70. The fourth-order valence-corrected chi connectivity index (χ4v) is 2.70. The molecule has 5 nitrogen and oxygen atoms in total. The van der Waals surface area contributed by atoms with Gasteiger partial charge in [0.2, 0.25) is 11.8 Å². The molecule has 0 aliphatic carbocycles. The molecule has 1 fully saturated rings. The highest BCUT2D eigenvalue weighted by atomic mass is 16.2. The molecule has 1 aliphatic rings. The van der Waals surface area contributed by atoms with Crippen LogP contribution in [0.1, 0.15) is 25.8 Å². The zero-order valence-corrected chi connectivity index (χ0v) is 13.4. The van der Waals surface area contributed by atoms with Gasteiger partial charge in [0.15, 0.2) is 0 Å². The third-order valence-corrected chi connectivity index (χ3v) is 4.10. The van der Waals surface area contributed by atoms with Gasteiger partial charge in [-0.3, -0.25) is 9.59 Å². The van der Waals surface area contributed by atoms with Crippen molar-refractivity contribution in [3.63, 3.8) is 0 Å². The number of aryl methyl sites for hydroxylation is 1. The van der Waals surface area contributed by atoms with Gasteiger partial charge in [0.1, 0.15) is 0 Å². The third-order valence-electron chi connectivity index (χ3n) is 4.10. The molecule has 120 valence electrons. The molecule has 0 aromatic heterocycles. The number of amides is 2. The number of nitrogens with zero attached hydrogens (tertiary/aromatic N) is 2. The Labute approximate surface area is 132 Å². The van der Waals surface area contributed by atoms with E-state index in [9.17, 15) is 9.59 Å². The van der Waals surface area contributed by atoms with Gasteiger partial charge in [-0.2, -0.15) is 0 Å². The maximum absolute atomic E-state index is 12.3. The Hall–Kier alpha value is -2.04. The van der Waals surface area contributed by atoms with Crippen LogP contribution in [-0.2, 0) is 16.0 Å². The lowest BCUT2D eigenvalue weighted by molar-refractivity contribution is -0.141. The highest BCUT2D eigenvalue weighted by Gasteiger charge is 2.25. The number of rotatable bonds is 4. The van der Waals surface area contributed by atoms with Crippen LogP contribution >= 0.6 is 0 Å². The van der Waals surface area contributed by atoms with Crippen molar-refractivity contribution in [3.05, 3.63) is 29.8 Å². The summed E-state index contributed by atoms with van der Waals surface area (Å²) in [6.07, 6.45) is 1.13. The molecule has 2 rings (SSSR count). The number of hydrogen-bond acceptors (Lipinski definition) is 3. The third kappa shape index (κ3) is 4.00. The smallest absolute Gasteiger partial charge is 0.225 e. The summed E-state index contributed by atoms with van der Waals surface area (Å²) in [6.45, 7) is 6.34. The molecule has 0 bridgehead atoms. The van der Waals surface area contributed by atoms with E-state index in [1.165, 1.54) is 0 Å². The van der Waals surface area contributed by atoms with E-state index in [2.05, 4.69) is 0 Å². The van der Waals surface area contributed by atoms with Crippen molar-refractivity contribution in [2.24, 2.45) is 5.92 Å². The predicted molar refractivity (Wildman–Crippen MR) is 87.2 cm³/mol. The minimum atomic E-state index is 0.0170. The summed E-state index contributed by atoms with van der Waals surface area (Å²) in [6, 6.07) is 7.65. The number of hydrogen-bond donors (Lipinski definition) is 1. The normalized spacial score (nSPS) is 15.2. The van der Waals surface area contributed by atoms with Crippen molar-refractivity contribution in [2.45, 2.75) is 26.7 Å². The van der Waals surface area contributed by atoms with Crippen LogP contribution in [0, 0.1) is 5.92 Å². The molecule has 0 spiro atoms. The molecule has 1 heterocycles. The Bertz CT molecular complexity index is 534. The second-order valence-electron chi connectivity index (χ2n) is 6.06. The van der Waals surface area contributed by atoms with Crippen molar-refractivity contribution in [2.75, 3.05) is 31.9 Å². The Balaban J connectivity index is 1.80. The van der Waals surface area contributed by atoms with E-state index in [1.807, 2.05) is 47.9 Å². The molecule has 1 aromatic carbocycles.